The molecule has 76 valence electrons. The van der Waals surface area contributed by atoms with Gasteiger partial charge in [0.15, 0.2) is 0 Å². The van der Waals surface area contributed by atoms with Gasteiger partial charge in [-0.15, -0.1) is 0 Å². The van der Waals surface area contributed by atoms with Crippen LogP contribution in [0.25, 0.3) is 0 Å². The van der Waals surface area contributed by atoms with Gasteiger partial charge in [0.05, 0.1) is 0 Å². The van der Waals surface area contributed by atoms with Crippen molar-refractivity contribution in [2.45, 2.75) is 18.9 Å². The van der Waals surface area contributed by atoms with Gasteiger partial charge in [0.25, 0.3) is 0 Å². The number of ether oxygens (including phenoxy) is 1. The van der Waals surface area contributed by atoms with Crippen LogP contribution in [-0.2, 0) is 0 Å². The number of hydrogen-bond acceptors (Lipinski definition) is 3. The van der Waals surface area contributed by atoms with Gasteiger partial charge >= 0.3 is 0 Å². The van der Waals surface area contributed by atoms with E-state index < -0.39 is 0 Å². The third-order valence-corrected chi connectivity index (χ3v) is 2.71. The average Bonchev–Trinajstić information content (AvgIpc) is 2.23. The zero-order valence-electron chi connectivity index (χ0n) is 7.87. The second-order valence-electron chi connectivity index (χ2n) is 3.40. The third-order valence-electron chi connectivity index (χ3n) is 2.24. The van der Waals surface area contributed by atoms with E-state index in [1.165, 1.54) is 6.42 Å². The van der Waals surface area contributed by atoms with Gasteiger partial charge in [0, 0.05) is 23.3 Å². The molecule has 4 heteroatoms. The topological polar surface area (TPSA) is 34.1 Å². The predicted octanol–water partition coefficient (Wildman–Crippen LogP) is 1.97. The van der Waals surface area contributed by atoms with Crippen molar-refractivity contribution in [2.75, 3.05) is 13.1 Å². The Bertz CT molecular complexity index is 283. The molecule has 0 amide bonds. The van der Waals surface area contributed by atoms with Crippen LogP contribution in [0.15, 0.2) is 22.8 Å². The fourth-order valence-corrected chi connectivity index (χ4v) is 1.76. The first kappa shape index (κ1) is 9.93. The molecule has 0 saturated carbocycles. The smallest absolute Gasteiger partial charge is 0.213 e. The van der Waals surface area contributed by atoms with Crippen LogP contribution in [0.1, 0.15) is 12.8 Å². The van der Waals surface area contributed by atoms with Crippen LogP contribution in [0.2, 0.25) is 0 Å². The minimum Gasteiger partial charge on any atom is -0.473 e. The van der Waals surface area contributed by atoms with Gasteiger partial charge in [0.2, 0.25) is 5.88 Å². The highest BCUT2D eigenvalue weighted by Gasteiger charge is 2.14. The first-order valence-corrected chi connectivity index (χ1v) is 5.63. The summed E-state index contributed by atoms with van der Waals surface area (Å²) in [6, 6.07) is 3.83. The van der Waals surface area contributed by atoms with Crippen molar-refractivity contribution in [1.29, 1.82) is 0 Å². The molecular weight excluding hydrogens is 244 g/mol. The zero-order chi connectivity index (χ0) is 9.80. The lowest BCUT2D eigenvalue weighted by Gasteiger charge is -2.23. The molecule has 0 bridgehead atoms. The number of halogens is 1. The molecule has 0 aromatic carbocycles. The first-order valence-electron chi connectivity index (χ1n) is 4.83. The van der Waals surface area contributed by atoms with Gasteiger partial charge in [-0.25, -0.2) is 4.98 Å². The summed E-state index contributed by atoms with van der Waals surface area (Å²) in [4.78, 5) is 4.18. The quantitative estimate of drug-likeness (QED) is 0.879. The molecule has 1 aromatic heterocycles. The predicted molar refractivity (Wildman–Crippen MR) is 58.5 cm³/mol. The molecule has 3 nitrogen and oxygen atoms in total. The Morgan fingerprint density at radius 2 is 2.43 bits per heavy atom. The second-order valence-corrected chi connectivity index (χ2v) is 4.32. The fraction of sp³-hybridized carbons (Fsp3) is 0.500. The lowest BCUT2D eigenvalue weighted by Crippen LogP contribution is -2.37. The Balaban J connectivity index is 1.92. The van der Waals surface area contributed by atoms with Crippen LogP contribution in [0.3, 0.4) is 0 Å². The summed E-state index contributed by atoms with van der Waals surface area (Å²) in [6.45, 7) is 2.03. The number of hydrogen-bond donors (Lipinski definition) is 1. The number of aromatic nitrogens is 1. The number of pyridine rings is 1. The molecule has 14 heavy (non-hydrogen) atoms. The minimum absolute atomic E-state index is 0.275. The standard InChI is InChI=1S/C10H13BrN2O/c11-8-3-4-10(13-6-8)14-9-2-1-5-12-7-9/h3-4,6,9,12H,1-2,5,7H2/t9-/m0/s1. The van der Waals surface area contributed by atoms with Gasteiger partial charge in [-0.2, -0.15) is 0 Å². The molecule has 1 aliphatic rings. The van der Waals surface area contributed by atoms with Crippen molar-refractivity contribution in [1.82, 2.24) is 10.3 Å². The maximum atomic E-state index is 5.72. The Morgan fingerprint density at radius 3 is 3.07 bits per heavy atom. The Morgan fingerprint density at radius 1 is 1.50 bits per heavy atom. The monoisotopic (exact) mass is 256 g/mol. The lowest BCUT2D eigenvalue weighted by molar-refractivity contribution is 0.160. The lowest BCUT2D eigenvalue weighted by atomic mass is 10.1. The first-order chi connectivity index (χ1) is 6.84. The molecule has 1 aliphatic heterocycles. The Labute approximate surface area is 92.0 Å². The summed E-state index contributed by atoms with van der Waals surface area (Å²) in [5.41, 5.74) is 0. The molecule has 0 spiro atoms. The van der Waals surface area contributed by atoms with E-state index in [1.807, 2.05) is 12.1 Å². The van der Waals surface area contributed by atoms with E-state index in [9.17, 15) is 0 Å². The SMILES string of the molecule is Brc1ccc(O[C@H]2CCCNC2)nc1. The van der Waals surface area contributed by atoms with Gasteiger partial charge in [-0.3, -0.25) is 0 Å². The largest absolute Gasteiger partial charge is 0.473 e. The number of nitrogens with zero attached hydrogens (tertiary/aromatic N) is 1. The Kier molecular flexibility index (Phi) is 3.37. The minimum atomic E-state index is 0.275. The molecular formula is C10H13BrN2O. The average molecular weight is 257 g/mol. The maximum absolute atomic E-state index is 5.72. The molecule has 1 saturated heterocycles. The van der Waals surface area contributed by atoms with E-state index in [0.29, 0.717) is 5.88 Å². The molecule has 1 atom stereocenters. The van der Waals surface area contributed by atoms with E-state index >= 15 is 0 Å². The molecule has 0 radical (unpaired) electrons. The summed E-state index contributed by atoms with van der Waals surface area (Å²) >= 11 is 3.34. The highest BCUT2D eigenvalue weighted by atomic mass is 79.9. The third kappa shape index (κ3) is 2.69. The molecule has 0 unspecified atom stereocenters. The van der Waals surface area contributed by atoms with Crippen LogP contribution in [-0.4, -0.2) is 24.2 Å². The van der Waals surface area contributed by atoms with Crippen LogP contribution in [0, 0.1) is 0 Å². The van der Waals surface area contributed by atoms with Crippen LogP contribution >= 0.6 is 15.9 Å². The van der Waals surface area contributed by atoms with Crippen molar-refractivity contribution in [3.05, 3.63) is 22.8 Å². The van der Waals surface area contributed by atoms with Crippen LogP contribution in [0.5, 0.6) is 5.88 Å². The van der Waals surface area contributed by atoms with E-state index in [1.54, 1.807) is 6.20 Å². The number of rotatable bonds is 2. The van der Waals surface area contributed by atoms with Crippen molar-refractivity contribution >= 4 is 15.9 Å². The molecule has 0 aliphatic carbocycles. The Hall–Kier alpha value is -0.610. The van der Waals surface area contributed by atoms with Crippen LogP contribution < -0.4 is 10.1 Å². The van der Waals surface area contributed by atoms with E-state index in [0.717, 1.165) is 24.0 Å². The van der Waals surface area contributed by atoms with Gasteiger partial charge in [0.1, 0.15) is 6.10 Å². The van der Waals surface area contributed by atoms with Crippen LogP contribution in [0.4, 0.5) is 0 Å². The normalized spacial score (nSPS) is 21.9. The number of piperidine rings is 1. The summed E-state index contributed by atoms with van der Waals surface area (Å²) in [7, 11) is 0. The highest BCUT2D eigenvalue weighted by molar-refractivity contribution is 9.10. The highest BCUT2D eigenvalue weighted by Crippen LogP contribution is 2.15. The zero-order valence-corrected chi connectivity index (χ0v) is 9.46. The molecule has 2 heterocycles. The molecule has 1 fully saturated rings. The van der Waals surface area contributed by atoms with E-state index in [2.05, 4.69) is 26.2 Å². The summed E-state index contributed by atoms with van der Waals surface area (Å²) < 4.78 is 6.69. The van der Waals surface area contributed by atoms with Gasteiger partial charge in [-0.05, 0) is 41.4 Å². The summed E-state index contributed by atoms with van der Waals surface area (Å²) in [6.07, 6.45) is 4.33. The van der Waals surface area contributed by atoms with E-state index in [-0.39, 0.29) is 6.10 Å². The van der Waals surface area contributed by atoms with Crippen molar-refractivity contribution in [3.8, 4) is 5.88 Å². The summed E-state index contributed by atoms with van der Waals surface area (Å²) in [5, 5.41) is 3.30. The molecule has 2 rings (SSSR count). The maximum Gasteiger partial charge on any atom is 0.213 e. The fourth-order valence-electron chi connectivity index (χ4n) is 1.52. The van der Waals surface area contributed by atoms with E-state index in [4.69, 9.17) is 4.74 Å². The van der Waals surface area contributed by atoms with Gasteiger partial charge in [-0.1, -0.05) is 0 Å². The molecule has 1 N–H and O–H groups in total. The van der Waals surface area contributed by atoms with Gasteiger partial charge < -0.3 is 10.1 Å². The van der Waals surface area contributed by atoms with Crippen molar-refractivity contribution < 1.29 is 4.74 Å². The van der Waals surface area contributed by atoms with Crippen molar-refractivity contribution in [3.63, 3.8) is 0 Å². The van der Waals surface area contributed by atoms with Crippen molar-refractivity contribution in [2.24, 2.45) is 0 Å². The molecule has 1 aromatic rings. The summed E-state index contributed by atoms with van der Waals surface area (Å²) in [5.74, 6) is 0.710. The number of nitrogens with one attached hydrogen (secondary N) is 1. The second kappa shape index (κ2) is 4.75.